The number of rotatable bonds is 4. The van der Waals surface area contributed by atoms with Crippen molar-refractivity contribution in [3.8, 4) is 11.4 Å². The molecule has 1 amide bonds. The molecule has 5 heterocycles. The normalized spacial score (nSPS) is 21.0. The maximum absolute atomic E-state index is 12.9. The predicted molar refractivity (Wildman–Crippen MR) is 125 cm³/mol. The van der Waals surface area contributed by atoms with Gasteiger partial charge in [-0.05, 0) is 25.0 Å². The van der Waals surface area contributed by atoms with Gasteiger partial charge >= 0.3 is 0 Å². The highest BCUT2D eigenvalue weighted by molar-refractivity contribution is 5.94. The number of carbonyl (C=O) groups excluding carboxylic acids is 1. The van der Waals surface area contributed by atoms with Gasteiger partial charge in [0.1, 0.15) is 0 Å². The molecule has 0 unspecified atom stereocenters. The number of carbonyl (C=O) groups is 1. The predicted octanol–water partition coefficient (Wildman–Crippen LogP) is 1.95. The van der Waals surface area contributed by atoms with E-state index in [0.717, 1.165) is 47.4 Å². The van der Waals surface area contributed by atoms with Crippen molar-refractivity contribution < 1.29 is 14.3 Å². The van der Waals surface area contributed by atoms with E-state index in [1.54, 1.807) is 0 Å². The fourth-order valence-electron chi connectivity index (χ4n) is 5.09. The Kier molecular flexibility index (Phi) is 5.35. The van der Waals surface area contributed by atoms with E-state index >= 15 is 0 Å². The lowest BCUT2D eigenvalue weighted by Gasteiger charge is -2.45. The molecular formula is C24H28N6O3. The third-order valence-corrected chi connectivity index (χ3v) is 6.78. The van der Waals surface area contributed by atoms with E-state index in [1.807, 2.05) is 24.5 Å². The molecule has 3 aromatic rings. The van der Waals surface area contributed by atoms with Crippen LogP contribution in [0.25, 0.3) is 22.3 Å². The molecule has 0 spiro atoms. The largest absolute Gasteiger partial charge is 0.381 e. The van der Waals surface area contributed by atoms with Crippen LogP contribution < -0.4 is 15.1 Å². The van der Waals surface area contributed by atoms with Gasteiger partial charge in [-0.25, -0.2) is 9.97 Å². The highest BCUT2D eigenvalue weighted by Crippen LogP contribution is 2.36. The van der Waals surface area contributed by atoms with Gasteiger partial charge in [0.15, 0.2) is 11.6 Å². The number of hydrogen-bond acceptors (Lipinski definition) is 7. The summed E-state index contributed by atoms with van der Waals surface area (Å²) in [7, 11) is 0. The highest BCUT2D eigenvalue weighted by Gasteiger charge is 2.35. The van der Waals surface area contributed by atoms with E-state index in [4.69, 9.17) is 19.4 Å². The fourth-order valence-corrected chi connectivity index (χ4v) is 5.09. The lowest BCUT2D eigenvalue weighted by Crippen LogP contribution is -2.57. The highest BCUT2D eigenvalue weighted by atomic mass is 16.5. The van der Waals surface area contributed by atoms with E-state index in [9.17, 15) is 4.79 Å². The smallest absolute Gasteiger partial charge is 0.239 e. The van der Waals surface area contributed by atoms with Crippen LogP contribution in [0.4, 0.5) is 11.5 Å². The average Bonchev–Trinajstić information content (AvgIpc) is 3.33. The number of anilines is 2. The van der Waals surface area contributed by atoms with Crippen molar-refractivity contribution in [2.45, 2.75) is 24.9 Å². The van der Waals surface area contributed by atoms with E-state index in [1.165, 1.54) is 0 Å². The molecule has 0 saturated carbocycles. The topological polar surface area (TPSA) is 95.6 Å². The number of H-pyrrole nitrogens is 1. The molecule has 2 aromatic heterocycles. The number of hydrogen-bond donors (Lipinski definition) is 2. The van der Waals surface area contributed by atoms with Crippen LogP contribution in [0.5, 0.6) is 0 Å². The summed E-state index contributed by atoms with van der Waals surface area (Å²) in [5, 5.41) is 4.27. The van der Waals surface area contributed by atoms with Crippen LogP contribution in [0, 0.1) is 0 Å². The number of aromatic nitrogens is 3. The quantitative estimate of drug-likeness (QED) is 0.630. The van der Waals surface area contributed by atoms with Crippen LogP contribution in [0.15, 0.2) is 36.7 Å². The first-order valence-corrected chi connectivity index (χ1v) is 11.7. The van der Waals surface area contributed by atoms with Gasteiger partial charge in [-0.1, -0.05) is 12.1 Å². The Morgan fingerprint density at radius 3 is 3.00 bits per heavy atom. The molecule has 0 radical (unpaired) electrons. The Bertz CT molecular complexity index is 1160. The fraction of sp³-hybridized carbons (Fsp3) is 0.458. The molecule has 9 nitrogen and oxygen atoms in total. The van der Waals surface area contributed by atoms with E-state index in [-0.39, 0.29) is 24.5 Å². The van der Waals surface area contributed by atoms with Crippen molar-refractivity contribution in [2.24, 2.45) is 0 Å². The lowest BCUT2D eigenvalue weighted by molar-refractivity contribution is -0.121. The minimum atomic E-state index is 0.0270. The summed E-state index contributed by atoms with van der Waals surface area (Å²) in [6.45, 7) is 4.49. The molecule has 0 aliphatic carbocycles. The molecule has 33 heavy (non-hydrogen) atoms. The number of fused-ring (bicyclic) bond motifs is 4. The number of nitrogens with zero attached hydrogens (tertiary/aromatic N) is 4. The number of morpholine rings is 1. The van der Waals surface area contributed by atoms with Crippen LogP contribution in [0.3, 0.4) is 0 Å². The first kappa shape index (κ1) is 20.4. The van der Waals surface area contributed by atoms with Gasteiger partial charge in [-0.3, -0.25) is 4.79 Å². The molecule has 1 atom stereocenters. The van der Waals surface area contributed by atoms with Gasteiger partial charge in [-0.2, -0.15) is 0 Å². The summed E-state index contributed by atoms with van der Waals surface area (Å²) < 4.78 is 11.2. The maximum atomic E-state index is 12.9. The van der Waals surface area contributed by atoms with Crippen molar-refractivity contribution in [1.29, 1.82) is 0 Å². The standard InChI is InChI=1S/C24H28N6O3/c31-22(27-16-5-9-32-10-6-16)14-29-13-17-15-33-11-8-30(17)24-21(29)12-26-23(28-24)19-2-1-3-20-18(19)4-7-25-20/h1-4,7,12,16-17,25H,5-6,8-11,13-15H2,(H,27,31)/t17-/m1/s1. The van der Waals surface area contributed by atoms with E-state index in [0.29, 0.717) is 38.8 Å². The van der Waals surface area contributed by atoms with Crippen LogP contribution in [-0.4, -0.2) is 79.0 Å². The molecule has 172 valence electrons. The molecule has 2 N–H and O–H groups in total. The SMILES string of the molecule is O=C(CN1C[C@@H]2COCCN2c2nc(-c3cccc4[nH]ccc34)ncc21)NC1CCOCC1. The van der Waals surface area contributed by atoms with Crippen LogP contribution in [0.2, 0.25) is 0 Å². The average molecular weight is 449 g/mol. The molecule has 1 aromatic carbocycles. The summed E-state index contributed by atoms with van der Waals surface area (Å²) in [4.78, 5) is 30.3. The number of benzene rings is 1. The van der Waals surface area contributed by atoms with Gasteiger partial charge in [0.25, 0.3) is 0 Å². The Labute approximate surface area is 192 Å². The minimum absolute atomic E-state index is 0.0270. The van der Waals surface area contributed by atoms with E-state index < -0.39 is 0 Å². The molecule has 6 rings (SSSR count). The van der Waals surface area contributed by atoms with Gasteiger partial charge in [0.05, 0.1) is 37.7 Å². The second kappa shape index (κ2) is 8.64. The summed E-state index contributed by atoms with van der Waals surface area (Å²) in [5.41, 5.74) is 2.96. The summed E-state index contributed by atoms with van der Waals surface area (Å²) >= 11 is 0. The Hall–Kier alpha value is -3.17. The summed E-state index contributed by atoms with van der Waals surface area (Å²) in [6.07, 6.45) is 5.54. The Morgan fingerprint density at radius 2 is 2.09 bits per heavy atom. The van der Waals surface area contributed by atoms with E-state index in [2.05, 4.69) is 32.2 Å². The molecule has 9 heteroatoms. The second-order valence-electron chi connectivity index (χ2n) is 8.90. The van der Waals surface area contributed by atoms with Crippen LogP contribution in [-0.2, 0) is 14.3 Å². The van der Waals surface area contributed by atoms with Gasteiger partial charge in [0.2, 0.25) is 5.91 Å². The lowest BCUT2D eigenvalue weighted by atomic mass is 10.1. The summed E-state index contributed by atoms with van der Waals surface area (Å²) in [5.74, 6) is 1.60. The minimum Gasteiger partial charge on any atom is -0.381 e. The summed E-state index contributed by atoms with van der Waals surface area (Å²) in [6, 6.07) is 8.52. The van der Waals surface area contributed by atoms with Crippen LogP contribution >= 0.6 is 0 Å². The third-order valence-electron chi connectivity index (χ3n) is 6.78. The molecule has 3 aliphatic rings. The van der Waals surface area contributed by atoms with Crippen molar-refractivity contribution in [3.05, 3.63) is 36.7 Å². The monoisotopic (exact) mass is 448 g/mol. The Balaban J connectivity index is 1.31. The maximum Gasteiger partial charge on any atom is 0.239 e. The van der Waals surface area contributed by atoms with Gasteiger partial charge in [0, 0.05) is 55.0 Å². The zero-order valence-electron chi connectivity index (χ0n) is 18.5. The van der Waals surface area contributed by atoms with Crippen molar-refractivity contribution in [1.82, 2.24) is 20.3 Å². The molecule has 2 saturated heterocycles. The number of aromatic amines is 1. The van der Waals surface area contributed by atoms with Crippen molar-refractivity contribution >= 4 is 28.3 Å². The number of nitrogens with one attached hydrogen (secondary N) is 2. The van der Waals surface area contributed by atoms with Gasteiger partial charge < -0.3 is 29.6 Å². The first-order valence-electron chi connectivity index (χ1n) is 11.7. The Morgan fingerprint density at radius 1 is 1.18 bits per heavy atom. The first-order chi connectivity index (χ1) is 16.3. The zero-order chi connectivity index (χ0) is 22.2. The van der Waals surface area contributed by atoms with Crippen LogP contribution in [0.1, 0.15) is 12.8 Å². The third kappa shape index (κ3) is 3.91. The number of amides is 1. The molecule has 2 fully saturated rings. The van der Waals surface area contributed by atoms with Gasteiger partial charge in [-0.15, -0.1) is 0 Å². The van der Waals surface area contributed by atoms with Crippen molar-refractivity contribution in [3.63, 3.8) is 0 Å². The second-order valence-corrected chi connectivity index (χ2v) is 8.90. The van der Waals surface area contributed by atoms with Crippen molar-refractivity contribution in [2.75, 3.05) is 55.9 Å². The molecule has 0 bridgehead atoms. The molecular weight excluding hydrogens is 420 g/mol. The molecule has 3 aliphatic heterocycles. The zero-order valence-corrected chi connectivity index (χ0v) is 18.5. The number of ether oxygens (including phenoxy) is 2.